The molecule has 2 heterocycles. The van der Waals surface area contributed by atoms with E-state index < -0.39 is 0 Å². The zero-order valence-corrected chi connectivity index (χ0v) is 13.3. The number of hydrogen-bond acceptors (Lipinski definition) is 4. The molecule has 5 heteroatoms. The first-order chi connectivity index (χ1) is 9.69. The highest BCUT2D eigenvalue weighted by atomic mass is 32.1. The minimum atomic E-state index is -0.0591. The summed E-state index contributed by atoms with van der Waals surface area (Å²) in [4.78, 5) is 15.8. The summed E-state index contributed by atoms with van der Waals surface area (Å²) in [6.07, 6.45) is 1.89. The number of nitrogens with one attached hydrogen (secondary N) is 1. The quantitative estimate of drug-likeness (QED) is 0.841. The molecule has 112 valence electrons. The maximum absolute atomic E-state index is 12.6. The molecule has 1 saturated heterocycles. The Balaban J connectivity index is 2.16. The van der Waals surface area contributed by atoms with Crippen molar-refractivity contribution in [2.75, 3.05) is 13.2 Å². The smallest absolute Gasteiger partial charge is 0.241 e. The first-order valence-corrected chi connectivity index (χ1v) is 8.26. The molecule has 0 aliphatic carbocycles. The molecule has 0 saturated carbocycles. The third kappa shape index (κ3) is 3.22. The number of thiophene rings is 1. The van der Waals surface area contributed by atoms with Crippen molar-refractivity contribution in [1.82, 2.24) is 10.2 Å². The summed E-state index contributed by atoms with van der Waals surface area (Å²) in [7, 11) is 0. The largest absolute Gasteiger partial charge is 0.380 e. The Morgan fingerprint density at radius 2 is 2.30 bits per heavy atom. The predicted molar refractivity (Wildman–Crippen MR) is 81.7 cm³/mol. The molecule has 3 unspecified atom stereocenters. The minimum Gasteiger partial charge on any atom is -0.380 e. The third-order valence-electron chi connectivity index (χ3n) is 3.62. The van der Waals surface area contributed by atoms with Crippen molar-refractivity contribution >= 4 is 17.2 Å². The summed E-state index contributed by atoms with van der Waals surface area (Å²) in [5, 5.41) is 5.54. The number of carbonyl (C=O) groups is 1. The maximum Gasteiger partial charge on any atom is 0.241 e. The van der Waals surface area contributed by atoms with Gasteiger partial charge in [0.25, 0.3) is 0 Å². The summed E-state index contributed by atoms with van der Waals surface area (Å²) < 4.78 is 5.50. The van der Waals surface area contributed by atoms with Crippen molar-refractivity contribution in [2.45, 2.75) is 51.9 Å². The van der Waals surface area contributed by atoms with Crippen LogP contribution < -0.4 is 5.32 Å². The lowest BCUT2D eigenvalue weighted by Crippen LogP contribution is -2.41. The third-order valence-corrected chi connectivity index (χ3v) is 4.54. The van der Waals surface area contributed by atoms with E-state index in [0.29, 0.717) is 13.2 Å². The van der Waals surface area contributed by atoms with Crippen LogP contribution in [0.1, 0.15) is 44.7 Å². The van der Waals surface area contributed by atoms with Gasteiger partial charge in [-0.25, -0.2) is 0 Å². The van der Waals surface area contributed by atoms with Gasteiger partial charge < -0.3 is 9.64 Å². The second-order valence-electron chi connectivity index (χ2n) is 5.18. The molecule has 4 nitrogen and oxygen atoms in total. The number of ether oxygens (including phenoxy) is 1. The van der Waals surface area contributed by atoms with Gasteiger partial charge in [-0.05, 0) is 31.7 Å². The van der Waals surface area contributed by atoms with E-state index in [4.69, 9.17) is 4.74 Å². The molecular formula is C15H24N2O2S. The summed E-state index contributed by atoms with van der Waals surface area (Å²) in [6, 6.07) is 4.15. The van der Waals surface area contributed by atoms with Gasteiger partial charge >= 0.3 is 0 Å². The Hall–Kier alpha value is -0.910. The first-order valence-electron chi connectivity index (χ1n) is 7.38. The number of amides is 1. The van der Waals surface area contributed by atoms with Crippen molar-refractivity contribution in [3.05, 3.63) is 22.4 Å². The van der Waals surface area contributed by atoms with E-state index in [9.17, 15) is 4.79 Å². The molecule has 1 aliphatic heterocycles. The van der Waals surface area contributed by atoms with Gasteiger partial charge in [-0.15, -0.1) is 11.3 Å². The van der Waals surface area contributed by atoms with Crippen molar-refractivity contribution in [3.63, 3.8) is 0 Å². The first kappa shape index (κ1) is 15.5. The summed E-state index contributed by atoms with van der Waals surface area (Å²) in [6.45, 7) is 7.42. The van der Waals surface area contributed by atoms with E-state index in [1.165, 1.54) is 4.88 Å². The average molecular weight is 296 g/mol. The molecule has 20 heavy (non-hydrogen) atoms. The van der Waals surface area contributed by atoms with Crippen LogP contribution in [0.15, 0.2) is 17.5 Å². The molecule has 0 aromatic carbocycles. The van der Waals surface area contributed by atoms with Crippen LogP contribution in [0.3, 0.4) is 0 Å². The Kier molecular flexibility index (Phi) is 5.57. The molecule has 1 aromatic heterocycles. The molecule has 0 bridgehead atoms. The van der Waals surface area contributed by atoms with Crippen molar-refractivity contribution < 1.29 is 9.53 Å². The van der Waals surface area contributed by atoms with Crippen LogP contribution in [0.25, 0.3) is 0 Å². The SMILES string of the molecule is CCCC1NC(c2cccs2)N(C(C)COCC)C1=O. The van der Waals surface area contributed by atoms with Gasteiger partial charge in [0.05, 0.1) is 18.7 Å². The highest BCUT2D eigenvalue weighted by Crippen LogP contribution is 2.31. The fourth-order valence-corrected chi connectivity index (χ4v) is 3.43. The van der Waals surface area contributed by atoms with Crippen molar-refractivity contribution in [1.29, 1.82) is 0 Å². The number of nitrogens with zero attached hydrogens (tertiary/aromatic N) is 1. The van der Waals surface area contributed by atoms with Crippen LogP contribution in [0.4, 0.5) is 0 Å². The van der Waals surface area contributed by atoms with E-state index in [2.05, 4.69) is 30.6 Å². The second kappa shape index (κ2) is 7.20. The number of rotatable bonds is 7. The van der Waals surface area contributed by atoms with Crippen LogP contribution in [-0.2, 0) is 9.53 Å². The molecule has 1 N–H and O–H groups in total. The fourth-order valence-electron chi connectivity index (χ4n) is 2.65. The minimum absolute atomic E-state index is 0.00509. The van der Waals surface area contributed by atoms with Crippen LogP contribution in [-0.4, -0.2) is 36.1 Å². The zero-order chi connectivity index (χ0) is 14.5. The fraction of sp³-hybridized carbons (Fsp3) is 0.667. The Labute approximate surface area is 125 Å². The molecule has 1 fully saturated rings. The molecule has 0 radical (unpaired) electrons. The lowest BCUT2D eigenvalue weighted by atomic mass is 10.1. The van der Waals surface area contributed by atoms with Crippen molar-refractivity contribution in [2.24, 2.45) is 0 Å². The lowest BCUT2D eigenvalue weighted by Gasteiger charge is -2.29. The summed E-state index contributed by atoms with van der Waals surface area (Å²) >= 11 is 1.69. The van der Waals surface area contributed by atoms with E-state index in [1.54, 1.807) is 11.3 Å². The van der Waals surface area contributed by atoms with Gasteiger partial charge in [0.15, 0.2) is 0 Å². The molecule has 3 atom stereocenters. The normalized spacial score (nSPS) is 24.4. The van der Waals surface area contributed by atoms with Gasteiger partial charge in [-0.2, -0.15) is 0 Å². The van der Waals surface area contributed by atoms with Gasteiger partial charge in [0, 0.05) is 11.5 Å². The monoisotopic (exact) mass is 296 g/mol. The lowest BCUT2D eigenvalue weighted by molar-refractivity contribution is -0.133. The molecule has 1 aliphatic rings. The average Bonchev–Trinajstić information content (AvgIpc) is 3.05. The molecular weight excluding hydrogens is 272 g/mol. The van der Waals surface area contributed by atoms with Crippen LogP contribution in [0.2, 0.25) is 0 Å². The molecule has 0 spiro atoms. The Morgan fingerprint density at radius 1 is 1.50 bits per heavy atom. The van der Waals surface area contributed by atoms with Crippen molar-refractivity contribution in [3.8, 4) is 0 Å². The van der Waals surface area contributed by atoms with Gasteiger partial charge in [0.1, 0.15) is 6.17 Å². The van der Waals surface area contributed by atoms with Crippen LogP contribution in [0, 0.1) is 0 Å². The Bertz CT molecular complexity index is 422. The number of hydrogen-bond donors (Lipinski definition) is 1. The van der Waals surface area contributed by atoms with E-state index in [1.807, 2.05) is 17.9 Å². The highest BCUT2D eigenvalue weighted by molar-refractivity contribution is 7.10. The topological polar surface area (TPSA) is 41.6 Å². The van der Waals surface area contributed by atoms with E-state index in [-0.39, 0.29) is 24.2 Å². The van der Waals surface area contributed by atoms with E-state index >= 15 is 0 Å². The van der Waals surface area contributed by atoms with Crippen LogP contribution in [0.5, 0.6) is 0 Å². The van der Waals surface area contributed by atoms with Gasteiger partial charge in [0.2, 0.25) is 5.91 Å². The predicted octanol–water partition coefficient (Wildman–Crippen LogP) is 2.77. The summed E-state index contributed by atoms with van der Waals surface area (Å²) in [5.41, 5.74) is 0. The summed E-state index contributed by atoms with van der Waals surface area (Å²) in [5.74, 6) is 0.206. The maximum atomic E-state index is 12.6. The zero-order valence-electron chi connectivity index (χ0n) is 12.5. The van der Waals surface area contributed by atoms with Gasteiger partial charge in [-0.3, -0.25) is 10.1 Å². The Morgan fingerprint density at radius 3 is 2.90 bits per heavy atom. The van der Waals surface area contributed by atoms with Crippen LogP contribution >= 0.6 is 11.3 Å². The second-order valence-corrected chi connectivity index (χ2v) is 6.16. The molecule has 2 rings (SSSR count). The molecule has 1 aromatic rings. The van der Waals surface area contributed by atoms with E-state index in [0.717, 1.165) is 12.8 Å². The van der Waals surface area contributed by atoms with Gasteiger partial charge in [-0.1, -0.05) is 19.4 Å². The highest BCUT2D eigenvalue weighted by Gasteiger charge is 2.41. The molecule has 1 amide bonds. The number of carbonyl (C=O) groups excluding carboxylic acids is 1. The standard InChI is InChI=1S/C15H24N2O2S/c1-4-7-12-15(18)17(11(3)10-19-5-2)14(16-12)13-8-6-9-20-13/h6,8-9,11-12,14,16H,4-5,7,10H2,1-3H3.